The summed E-state index contributed by atoms with van der Waals surface area (Å²) in [7, 11) is 0. The Bertz CT molecular complexity index is 677. The molecule has 1 aromatic carbocycles. The minimum atomic E-state index is -0.133. The van der Waals surface area contributed by atoms with E-state index >= 15 is 0 Å². The summed E-state index contributed by atoms with van der Waals surface area (Å²) in [5, 5.41) is 4.29. The van der Waals surface area contributed by atoms with E-state index in [2.05, 4.69) is 15.0 Å². The van der Waals surface area contributed by atoms with Crippen molar-refractivity contribution in [2.24, 2.45) is 0 Å². The second-order valence-corrected chi connectivity index (χ2v) is 6.45. The third kappa shape index (κ3) is 2.98. The Morgan fingerprint density at radius 1 is 1.04 bits per heavy atom. The molecule has 1 saturated heterocycles. The van der Waals surface area contributed by atoms with E-state index in [1.807, 2.05) is 12.1 Å². The van der Waals surface area contributed by atoms with Crippen molar-refractivity contribution in [2.45, 2.75) is 32.2 Å². The van der Waals surface area contributed by atoms with Gasteiger partial charge in [-0.25, -0.2) is 4.39 Å². The summed E-state index contributed by atoms with van der Waals surface area (Å²) < 4.78 is 19.4. The van der Waals surface area contributed by atoms with Crippen molar-refractivity contribution in [3.8, 4) is 0 Å². The molecule has 0 saturated carbocycles. The molecule has 2 aliphatic rings. The first-order chi connectivity index (χ1) is 11.3. The molecular weight excluding hydrogens is 293 g/mol. The summed E-state index contributed by atoms with van der Waals surface area (Å²) >= 11 is 0. The molecule has 0 radical (unpaired) electrons. The Kier molecular flexibility index (Phi) is 4.04. The monoisotopic (exact) mass is 315 g/mol. The van der Waals surface area contributed by atoms with Crippen LogP contribution < -0.4 is 4.90 Å². The Labute approximate surface area is 135 Å². The number of aromatic nitrogens is 1. The van der Waals surface area contributed by atoms with Crippen molar-refractivity contribution in [3.05, 3.63) is 47.1 Å². The van der Waals surface area contributed by atoms with Crippen LogP contribution in [0.1, 0.15) is 29.9 Å². The van der Waals surface area contributed by atoms with Gasteiger partial charge < -0.3 is 9.42 Å². The Morgan fingerprint density at radius 2 is 1.83 bits per heavy atom. The topological polar surface area (TPSA) is 32.5 Å². The lowest BCUT2D eigenvalue weighted by atomic mass is 9.96. The van der Waals surface area contributed by atoms with Gasteiger partial charge in [-0.05, 0) is 31.4 Å². The van der Waals surface area contributed by atoms with Gasteiger partial charge in [0.2, 0.25) is 0 Å². The Morgan fingerprint density at radius 3 is 2.65 bits per heavy atom. The fourth-order valence-corrected chi connectivity index (χ4v) is 3.64. The van der Waals surface area contributed by atoms with Crippen molar-refractivity contribution >= 4 is 5.69 Å². The molecule has 0 unspecified atom stereocenters. The van der Waals surface area contributed by atoms with Crippen LogP contribution in [-0.2, 0) is 19.4 Å². The van der Waals surface area contributed by atoms with Gasteiger partial charge >= 0.3 is 0 Å². The standard InChI is InChI=1S/C18H22FN3O/c19-15-6-2-3-7-17(15)22-11-9-21(10-12-22)13-16-14-5-1-4-8-18(14)23-20-16/h2-3,6-7H,1,4-5,8-13H2. The molecule has 1 aliphatic heterocycles. The van der Waals surface area contributed by atoms with E-state index in [-0.39, 0.29) is 5.82 Å². The van der Waals surface area contributed by atoms with E-state index in [0.29, 0.717) is 5.69 Å². The first-order valence-corrected chi connectivity index (χ1v) is 8.49. The average Bonchev–Trinajstić information content (AvgIpc) is 2.99. The molecular formula is C18H22FN3O. The lowest BCUT2D eigenvalue weighted by molar-refractivity contribution is 0.240. The van der Waals surface area contributed by atoms with Crippen LogP contribution in [0.2, 0.25) is 0 Å². The molecule has 5 heteroatoms. The van der Waals surface area contributed by atoms with E-state index in [1.54, 1.807) is 6.07 Å². The number of rotatable bonds is 3. The largest absolute Gasteiger partial charge is 0.367 e. The van der Waals surface area contributed by atoms with E-state index < -0.39 is 0 Å². The second-order valence-electron chi connectivity index (χ2n) is 6.45. The van der Waals surface area contributed by atoms with Crippen LogP contribution in [0.5, 0.6) is 0 Å². The Balaban J connectivity index is 1.39. The van der Waals surface area contributed by atoms with E-state index in [4.69, 9.17) is 4.52 Å². The van der Waals surface area contributed by atoms with Gasteiger partial charge in [0, 0.05) is 44.7 Å². The minimum Gasteiger partial charge on any atom is -0.367 e. The molecule has 2 aromatic rings. The molecule has 0 spiro atoms. The molecule has 122 valence electrons. The SMILES string of the molecule is Fc1ccccc1N1CCN(Cc2noc3c2CCCC3)CC1. The average molecular weight is 315 g/mol. The van der Waals surface area contributed by atoms with Crippen molar-refractivity contribution in [1.82, 2.24) is 10.1 Å². The van der Waals surface area contributed by atoms with Crippen LogP contribution in [0.3, 0.4) is 0 Å². The highest BCUT2D eigenvalue weighted by molar-refractivity contribution is 5.48. The van der Waals surface area contributed by atoms with Gasteiger partial charge in [-0.1, -0.05) is 17.3 Å². The Hall–Kier alpha value is -1.88. The molecule has 2 heterocycles. The number of para-hydroxylation sites is 1. The van der Waals surface area contributed by atoms with Gasteiger partial charge in [0.15, 0.2) is 0 Å². The lowest BCUT2D eigenvalue weighted by Crippen LogP contribution is -2.46. The van der Waals surface area contributed by atoms with Crippen LogP contribution in [0.25, 0.3) is 0 Å². The molecule has 4 rings (SSSR count). The maximum atomic E-state index is 13.9. The smallest absolute Gasteiger partial charge is 0.146 e. The summed E-state index contributed by atoms with van der Waals surface area (Å²) in [5.74, 6) is 0.961. The van der Waals surface area contributed by atoms with Crippen LogP contribution in [0.4, 0.5) is 10.1 Å². The number of anilines is 1. The van der Waals surface area contributed by atoms with Gasteiger partial charge in [-0.15, -0.1) is 0 Å². The molecule has 0 amide bonds. The molecule has 4 nitrogen and oxygen atoms in total. The first-order valence-electron chi connectivity index (χ1n) is 8.49. The van der Waals surface area contributed by atoms with Crippen molar-refractivity contribution in [2.75, 3.05) is 31.1 Å². The number of hydrogen-bond donors (Lipinski definition) is 0. The number of halogens is 1. The molecule has 0 bridgehead atoms. The lowest BCUT2D eigenvalue weighted by Gasteiger charge is -2.36. The third-order valence-corrected chi connectivity index (χ3v) is 4.97. The van der Waals surface area contributed by atoms with Crippen LogP contribution in [0, 0.1) is 5.82 Å². The highest BCUT2D eigenvalue weighted by Gasteiger charge is 2.24. The van der Waals surface area contributed by atoms with Gasteiger partial charge in [-0.2, -0.15) is 0 Å². The zero-order valence-electron chi connectivity index (χ0n) is 13.3. The fraction of sp³-hybridized carbons (Fsp3) is 0.500. The number of nitrogens with zero attached hydrogens (tertiary/aromatic N) is 3. The van der Waals surface area contributed by atoms with Crippen LogP contribution in [-0.4, -0.2) is 36.2 Å². The van der Waals surface area contributed by atoms with Crippen molar-refractivity contribution in [1.29, 1.82) is 0 Å². The molecule has 1 fully saturated rings. The van der Waals surface area contributed by atoms with E-state index in [0.717, 1.165) is 57.0 Å². The summed E-state index contributed by atoms with van der Waals surface area (Å²) in [6, 6.07) is 7.03. The van der Waals surface area contributed by atoms with Crippen molar-refractivity contribution < 1.29 is 8.91 Å². The molecule has 0 N–H and O–H groups in total. The summed E-state index contributed by atoms with van der Waals surface area (Å²) in [5.41, 5.74) is 3.16. The number of piperazine rings is 1. The van der Waals surface area contributed by atoms with Crippen LogP contribution >= 0.6 is 0 Å². The van der Waals surface area contributed by atoms with E-state index in [9.17, 15) is 4.39 Å². The minimum absolute atomic E-state index is 0.133. The van der Waals surface area contributed by atoms with Gasteiger partial charge in [0.05, 0.1) is 5.69 Å². The van der Waals surface area contributed by atoms with Gasteiger partial charge in [0.25, 0.3) is 0 Å². The number of benzene rings is 1. The maximum Gasteiger partial charge on any atom is 0.146 e. The van der Waals surface area contributed by atoms with E-state index in [1.165, 1.54) is 24.5 Å². The van der Waals surface area contributed by atoms with Gasteiger partial charge in [0.1, 0.15) is 17.3 Å². The molecule has 0 atom stereocenters. The number of aryl methyl sites for hydroxylation is 1. The quantitative estimate of drug-likeness (QED) is 0.871. The maximum absolute atomic E-state index is 13.9. The predicted molar refractivity (Wildman–Crippen MR) is 87.0 cm³/mol. The highest BCUT2D eigenvalue weighted by atomic mass is 19.1. The number of hydrogen-bond acceptors (Lipinski definition) is 4. The first kappa shape index (κ1) is 14.7. The summed E-state index contributed by atoms with van der Waals surface area (Å²) in [6.07, 6.45) is 4.58. The fourth-order valence-electron chi connectivity index (χ4n) is 3.64. The van der Waals surface area contributed by atoms with Crippen molar-refractivity contribution in [3.63, 3.8) is 0 Å². The predicted octanol–water partition coefficient (Wildman–Crippen LogP) is 3.01. The molecule has 1 aliphatic carbocycles. The van der Waals surface area contributed by atoms with Crippen LogP contribution in [0.15, 0.2) is 28.8 Å². The summed E-state index contributed by atoms with van der Waals surface area (Å²) in [4.78, 5) is 4.52. The zero-order chi connectivity index (χ0) is 15.6. The highest BCUT2D eigenvalue weighted by Crippen LogP contribution is 2.26. The third-order valence-electron chi connectivity index (χ3n) is 4.97. The molecule has 23 heavy (non-hydrogen) atoms. The van der Waals surface area contributed by atoms with Gasteiger partial charge in [-0.3, -0.25) is 4.90 Å². The zero-order valence-corrected chi connectivity index (χ0v) is 13.3. The second kappa shape index (κ2) is 6.32. The number of fused-ring (bicyclic) bond motifs is 1. The summed E-state index contributed by atoms with van der Waals surface area (Å²) in [6.45, 7) is 4.40. The normalized spacial score (nSPS) is 18.9. The molecule has 1 aromatic heterocycles.